The molecule has 2 heterocycles. The maximum atomic E-state index is 13.4. The first-order valence-corrected chi connectivity index (χ1v) is 10.9. The molecule has 0 N–H and O–H groups in total. The topological polar surface area (TPSA) is 60.2 Å². The number of carbonyl (C=O) groups excluding carboxylic acids is 1. The first-order valence-electron chi connectivity index (χ1n) is 10.1. The van der Waals surface area contributed by atoms with Crippen LogP contribution in [0.1, 0.15) is 10.8 Å². The Morgan fingerprint density at radius 1 is 1.13 bits per heavy atom. The molecule has 0 radical (unpaired) electrons. The highest BCUT2D eigenvalue weighted by molar-refractivity contribution is 8.00. The predicted molar refractivity (Wildman–Crippen MR) is 118 cm³/mol. The summed E-state index contributed by atoms with van der Waals surface area (Å²) in [7, 11) is 0. The van der Waals surface area contributed by atoms with Crippen LogP contribution in [0.25, 0.3) is 11.4 Å². The van der Waals surface area contributed by atoms with Crippen molar-refractivity contribution >= 4 is 17.7 Å². The summed E-state index contributed by atoms with van der Waals surface area (Å²) >= 11 is 1.36. The van der Waals surface area contributed by atoms with Crippen molar-refractivity contribution in [3.63, 3.8) is 0 Å². The SMILES string of the molecule is C=CCn1c(SC(C(=O)N2CCOCC2)c2ccccc2)nnc1-c1ccc(F)cc1. The fourth-order valence-corrected chi connectivity index (χ4v) is 4.56. The Kier molecular flexibility index (Phi) is 6.79. The standard InChI is InChI=1S/C23H23FN4O2S/c1-2-12-28-21(18-8-10-19(24)11-9-18)25-26-23(28)31-20(17-6-4-3-5-7-17)22(29)27-13-15-30-16-14-27/h2-11,20H,1,12-16H2. The summed E-state index contributed by atoms with van der Waals surface area (Å²) in [6.45, 7) is 6.53. The molecule has 1 amide bonds. The number of aromatic nitrogens is 3. The van der Waals surface area contributed by atoms with Gasteiger partial charge in [-0.25, -0.2) is 4.39 Å². The first kappa shape index (κ1) is 21.3. The molecule has 1 fully saturated rings. The highest BCUT2D eigenvalue weighted by Crippen LogP contribution is 2.37. The summed E-state index contributed by atoms with van der Waals surface area (Å²) in [6.07, 6.45) is 1.75. The zero-order chi connectivity index (χ0) is 21.6. The molecule has 1 atom stereocenters. The minimum Gasteiger partial charge on any atom is -0.378 e. The number of rotatable bonds is 7. The summed E-state index contributed by atoms with van der Waals surface area (Å²) in [5.41, 5.74) is 1.65. The van der Waals surface area contributed by atoms with Crippen LogP contribution in [-0.4, -0.2) is 51.9 Å². The maximum Gasteiger partial charge on any atom is 0.240 e. The van der Waals surface area contributed by atoms with Crippen molar-refractivity contribution in [2.24, 2.45) is 0 Å². The van der Waals surface area contributed by atoms with Gasteiger partial charge in [-0.3, -0.25) is 9.36 Å². The lowest BCUT2D eigenvalue weighted by Crippen LogP contribution is -2.42. The first-order chi connectivity index (χ1) is 15.2. The van der Waals surface area contributed by atoms with Crippen molar-refractivity contribution in [1.82, 2.24) is 19.7 Å². The van der Waals surface area contributed by atoms with E-state index in [0.29, 0.717) is 43.8 Å². The second-order valence-electron chi connectivity index (χ2n) is 7.06. The second-order valence-corrected chi connectivity index (χ2v) is 8.13. The Bertz CT molecular complexity index is 1030. The van der Waals surface area contributed by atoms with Crippen molar-refractivity contribution in [1.29, 1.82) is 0 Å². The molecule has 0 saturated carbocycles. The quantitative estimate of drug-likeness (QED) is 0.413. The largest absolute Gasteiger partial charge is 0.378 e. The average molecular weight is 439 g/mol. The van der Waals surface area contributed by atoms with E-state index in [4.69, 9.17) is 4.74 Å². The van der Waals surface area contributed by atoms with Crippen LogP contribution in [0, 0.1) is 5.82 Å². The minimum atomic E-state index is -0.465. The van der Waals surface area contributed by atoms with Crippen LogP contribution in [0.4, 0.5) is 4.39 Å². The molecule has 31 heavy (non-hydrogen) atoms. The number of ether oxygens (including phenoxy) is 1. The van der Waals surface area contributed by atoms with Gasteiger partial charge in [0.05, 0.1) is 13.2 Å². The number of benzene rings is 2. The van der Waals surface area contributed by atoms with Crippen LogP contribution in [-0.2, 0) is 16.1 Å². The van der Waals surface area contributed by atoms with Crippen LogP contribution in [0.3, 0.4) is 0 Å². The number of nitrogens with zero attached hydrogens (tertiary/aromatic N) is 4. The van der Waals surface area contributed by atoms with E-state index in [9.17, 15) is 9.18 Å². The number of hydrogen-bond donors (Lipinski definition) is 0. The number of carbonyl (C=O) groups is 1. The Hall–Kier alpha value is -2.97. The van der Waals surface area contributed by atoms with Crippen molar-refractivity contribution in [3.05, 3.63) is 78.6 Å². The molecule has 8 heteroatoms. The van der Waals surface area contributed by atoms with Crippen LogP contribution in [0.15, 0.2) is 72.4 Å². The van der Waals surface area contributed by atoms with E-state index in [1.54, 1.807) is 18.2 Å². The van der Waals surface area contributed by atoms with Gasteiger partial charge in [-0.2, -0.15) is 0 Å². The fourth-order valence-electron chi connectivity index (χ4n) is 3.43. The van der Waals surface area contributed by atoms with Crippen LogP contribution in [0.2, 0.25) is 0 Å². The average Bonchev–Trinajstić information content (AvgIpc) is 3.21. The summed E-state index contributed by atoms with van der Waals surface area (Å²) in [6, 6.07) is 15.8. The molecule has 1 saturated heterocycles. The highest BCUT2D eigenvalue weighted by atomic mass is 32.2. The number of hydrogen-bond acceptors (Lipinski definition) is 5. The molecule has 0 aliphatic carbocycles. The molecule has 3 aromatic rings. The predicted octanol–water partition coefficient (Wildman–Crippen LogP) is 3.96. The van der Waals surface area contributed by atoms with E-state index in [-0.39, 0.29) is 11.7 Å². The number of allylic oxidation sites excluding steroid dienone is 1. The van der Waals surface area contributed by atoms with Gasteiger partial charge in [0.25, 0.3) is 0 Å². The molecule has 6 nitrogen and oxygen atoms in total. The summed E-state index contributed by atoms with van der Waals surface area (Å²) in [5, 5.41) is 8.84. The second kappa shape index (κ2) is 9.89. The Balaban J connectivity index is 1.68. The zero-order valence-corrected chi connectivity index (χ0v) is 17.8. The van der Waals surface area contributed by atoms with Gasteiger partial charge in [-0.15, -0.1) is 16.8 Å². The lowest BCUT2D eigenvalue weighted by atomic mass is 10.1. The van der Waals surface area contributed by atoms with E-state index >= 15 is 0 Å². The third kappa shape index (κ3) is 4.86. The normalized spacial score (nSPS) is 14.9. The molecule has 1 aliphatic rings. The maximum absolute atomic E-state index is 13.4. The lowest BCUT2D eigenvalue weighted by Gasteiger charge is -2.30. The van der Waals surface area contributed by atoms with E-state index in [0.717, 1.165) is 11.1 Å². The molecule has 1 aromatic heterocycles. The highest BCUT2D eigenvalue weighted by Gasteiger charge is 2.30. The van der Waals surface area contributed by atoms with E-state index < -0.39 is 5.25 Å². The molecule has 1 unspecified atom stereocenters. The van der Waals surface area contributed by atoms with Crippen molar-refractivity contribution < 1.29 is 13.9 Å². The van der Waals surface area contributed by atoms with Crippen LogP contribution in [0.5, 0.6) is 0 Å². The Labute approximate surface area is 184 Å². The summed E-state index contributed by atoms with van der Waals surface area (Å²) < 4.78 is 20.7. The molecule has 1 aliphatic heterocycles. The minimum absolute atomic E-state index is 0.0241. The van der Waals surface area contributed by atoms with Crippen LogP contribution >= 0.6 is 11.8 Å². The van der Waals surface area contributed by atoms with E-state index in [1.165, 1.54) is 23.9 Å². The van der Waals surface area contributed by atoms with Crippen molar-refractivity contribution in [2.75, 3.05) is 26.3 Å². The van der Waals surface area contributed by atoms with Gasteiger partial charge in [0, 0.05) is 25.2 Å². The molecular weight excluding hydrogens is 415 g/mol. The third-order valence-electron chi connectivity index (χ3n) is 5.00. The smallest absolute Gasteiger partial charge is 0.240 e. The Morgan fingerprint density at radius 3 is 2.52 bits per heavy atom. The molecule has 2 aromatic carbocycles. The number of halogens is 1. The van der Waals surface area contributed by atoms with E-state index in [2.05, 4.69) is 16.8 Å². The summed E-state index contributed by atoms with van der Waals surface area (Å²) in [4.78, 5) is 15.3. The van der Waals surface area contributed by atoms with Crippen molar-refractivity contribution in [2.45, 2.75) is 17.0 Å². The molecule has 160 valence electrons. The zero-order valence-electron chi connectivity index (χ0n) is 17.0. The van der Waals surface area contributed by atoms with Gasteiger partial charge in [0.1, 0.15) is 11.1 Å². The van der Waals surface area contributed by atoms with Gasteiger partial charge in [-0.1, -0.05) is 48.2 Å². The van der Waals surface area contributed by atoms with Gasteiger partial charge in [0.15, 0.2) is 11.0 Å². The molecule has 4 rings (SSSR count). The van der Waals surface area contributed by atoms with Gasteiger partial charge in [0.2, 0.25) is 5.91 Å². The van der Waals surface area contributed by atoms with E-state index in [1.807, 2.05) is 39.8 Å². The molecule has 0 bridgehead atoms. The number of thioether (sulfide) groups is 1. The van der Waals surface area contributed by atoms with Gasteiger partial charge in [-0.05, 0) is 29.8 Å². The Morgan fingerprint density at radius 2 is 1.84 bits per heavy atom. The van der Waals surface area contributed by atoms with Gasteiger partial charge < -0.3 is 9.64 Å². The van der Waals surface area contributed by atoms with Gasteiger partial charge >= 0.3 is 0 Å². The number of morpholine rings is 1. The number of amides is 1. The fraction of sp³-hybridized carbons (Fsp3) is 0.261. The molecule has 0 spiro atoms. The monoisotopic (exact) mass is 438 g/mol. The van der Waals surface area contributed by atoms with Crippen molar-refractivity contribution in [3.8, 4) is 11.4 Å². The third-order valence-corrected chi connectivity index (χ3v) is 6.23. The lowest BCUT2D eigenvalue weighted by molar-refractivity contribution is -0.134. The summed E-state index contributed by atoms with van der Waals surface area (Å²) in [5.74, 6) is 0.317. The van der Waals surface area contributed by atoms with Crippen LogP contribution < -0.4 is 0 Å². The molecular formula is C23H23FN4O2S.